The van der Waals surface area contributed by atoms with Crippen LogP contribution < -0.4 is 10.6 Å². The molecular formula is C10H10Br2N2O. The number of hydrogen-bond acceptors (Lipinski definition) is 2. The normalized spacial score (nSPS) is 21.1. The second-order valence-corrected chi connectivity index (χ2v) is 5.28. The van der Waals surface area contributed by atoms with Gasteiger partial charge in [0.05, 0.1) is 0 Å². The minimum atomic E-state index is -0.0417. The minimum absolute atomic E-state index is 0.0417. The molecule has 0 bridgehead atoms. The zero-order chi connectivity index (χ0) is 11.0. The van der Waals surface area contributed by atoms with Gasteiger partial charge in [-0.15, -0.1) is 0 Å². The molecule has 1 aromatic rings. The molecule has 1 atom stereocenters. The summed E-state index contributed by atoms with van der Waals surface area (Å²) in [5, 5.41) is 0. The van der Waals surface area contributed by atoms with E-state index in [-0.39, 0.29) is 11.9 Å². The van der Waals surface area contributed by atoms with Crippen molar-refractivity contribution in [3.05, 3.63) is 27.1 Å². The Kier molecular flexibility index (Phi) is 3.13. The predicted molar refractivity (Wildman–Crippen MR) is 66.8 cm³/mol. The Labute approximate surface area is 105 Å². The van der Waals surface area contributed by atoms with Gasteiger partial charge in [-0.3, -0.25) is 4.79 Å². The van der Waals surface area contributed by atoms with Crippen LogP contribution in [0.3, 0.4) is 0 Å². The van der Waals surface area contributed by atoms with Crippen LogP contribution in [0.25, 0.3) is 0 Å². The van der Waals surface area contributed by atoms with Crippen molar-refractivity contribution in [3.8, 4) is 0 Å². The lowest BCUT2D eigenvalue weighted by molar-refractivity contribution is -0.117. The Balaban J connectivity index is 2.30. The number of benzene rings is 1. The van der Waals surface area contributed by atoms with Crippen molar-refractivity contribution >= 4 is 43.5 Å². The van der Waals surface area contributed by atoms with Gasteiger partial charge in [0.1, 0.15) is 0 Å². The third-order valence-electron chi connectivity index (χ3n) is 2.37. The van der Waals surface area contributed by atoms with E-state index >= 15 is 0 Å². The van der Waals surface area contributed by atoms with Crippen LogP contribution in [0.5, 0.6) is 0 Å². The molecule has 1 aliphatic rings. The molecule has 0 aromatic heterocycles. The molecule has 1 aromatic carbocycles. The van der Waals surface area contributed by atoms with E-state index in [1.54, 1.807) is 4.90 Å². The summed E-state index contributed by atoms with van der Waals surface area (Å²) >= 11 is 6.80. The lowest BCUT2D eigenvalue weighted by Crippen LogP contribution is -2.27. The van der Waals surface area contributed by atoms with Crippen molar-refractivity contribution in [1.29, 1.82) is 0 Å². The fraction of sp³-hybridized carbons (Fsp3) is 0.300. The van der Waals surface area contributed by atoms with Crippen LogP contribution in [0.4, 0.5) is 5.69 Å². The van der Waals surface area contributed by atoms with Gasteiger partial charge in [0, 0.05) is 33.6 Å². The standard InChI is InChI=1S/C10H10Br2N2O/c11-8-2-1-7(4-9(8)12)14-5-6(13)3-10(14)15/h1-2,4,6H,3,5,13H2. The number of nitrogens with two attached hydrogens (primary N) is 1. The SMILES string of the molecule is NC1CC(=O)N(c2ccc(Br)c(Br)c2)C1. The number of amides is 1. The summed E-state index contributed by atoms with van der Waals surface area (Å²) in [5.41, 5.74) is 6.63. The van der Waals surface area contributed by atoms with Crippen molar-refractivity contribution in [2.45, 2.75) is 12.5 Å². The molecule has 3 nitrogen and oxygen atoms in total. The largest absolute Gasteiger partial charge is 0.326 e. The number of carbonyl (C=O) groups is 1. The molecule has 1 amide bonds. The van der Waals surface area contributed by atoms with Crippen LogP contribution in [-0.2, 0) is 4.79 Å². The van der Waals surface area contributed by atoms with E-state index in [2.05, 4.69) is 31.9 Å². The number of nitrogens with zero attached hydrogens (tertiary/aromatic N) is 1. The van der Waals surface area contributed by atoms with E-state index < -0.39 is 0 Å². The van der Waals surface area contributed by atoms with Gasteiger partial charge in [0.2, 0.25) is 5.91 Å². The Morgan fingerprint density at radius 2 is 2.07 bits per heavy atom. The van der Waals surface area contributed by atoms with E-state index in [0.29, 0.717) is 13.0 Å². The third-order valence-corrected chi connectivity index (χ3v) is 4.25. The average molecular weight is 334 g/mol. The van der Waals surface area contributed by atoms with E-state index in [9.17, 15) is 4.79 Å². The van der Waals surface area contributed by atoms with Gasteiger partial charge in [0.15, 0.2) is 0 Å². The van der Waals surface area contributed by atoms with Crippen molar-refractivity contribution < 1.29 is 4.79 Å². The summed E-state index contributed by atoms with van der Waals surface area (Å²) in [4.78, 5) is 13.3. The van der Waals surface area contributed by atoms with E-state index in [0.717, 1.165) is 14.6 Å². The molecule has 1 heterocycles. The maximum Gasteiger partial charge on any atom is 0.228 e. The van der Waals surface area contributed by atoms with Gasteiger partial charge in [-0.2, -0.15) is 0 Å². The topological polar surface area (TPSA) is 46.3 Å². The molecule has 1 unspecified atom stereocenters. The number of carbonyl (C=O) groups excluding carboxylic acids is 1. The zero-order valence-corrected chi connectivity index (χ0v) is 11.1. The molecule has 1 aliphatic heterocycles. The Hall–Kier alpha value is -0.390. The first kappa shape index (κ1) is 11.1. The highest BCUT2D eigenvalue weighted by Crippen LogP contribution is 2.29. The molecular weight excluding hydrogens is 324 g/mol. The number of hydrogen-bond donors (Lipinski definition) is 1. The summed E-state index contributed by atoms with van der Waals surface area (Å²) in [6, 6.07) is 5.70. The van der Waals surface area contributed by atoms with Crippen LogP contribution in [0, 0.1) is 0 Å². The van der Waals surface area contributed by atoms with Gasteiger partial charge < -0.3 is 10.6 Å². The molecule has 0 saturated carbocycles. The predicted octanol–water partition coefficient (Wildman–Crippen LogP) is 2.28. The minimum Gasteiger partial charge on any atom is -0.326 e. The highest BCUT2D eigenvalue weighted by molar-refractivity contribution is 9.13. The van der Waals surface area contributed by atoms with Gasteiger partial charge in [0.25, 0.3) is 0 Å². The summed E-state index contributed by atoms with van der Waals surface area (Å²) < 4.78 is 1.91. The molecule has 5 heteroatoms. The molecule has 1 saturated heterocycles. The van der Waals surface area contributed by atoms with Crippen LogP contribution in [-0.4, -0.2) is 18.5 Å². The van der Waals surface area contributed by atoms with E-state index in [1.165, 1.54) is 0 Å². The fourth-order valence-corrected chi connectivity index (χ4v) is 2.25. The molecule has 0 aliphatic carbocycles. The van der Waals surface area contributed by atoms with Gasteiger partial charge in [-0.1, -0.05) is 0 Å². The van der Waals surface area contributed by atoms with E-state index in [1.807, 2.05) is 18.2 Å². The summed E-state index contributed by atoms with van der Waals surface area (Å²) in [7, 11) is 0. The molecule has 15 heavy (non-hydrogen) atoms. The molecule has 0 radical (unpaired) electrons. The number of anilines is 1. The summed E-state index contributed by atoms with van der Waals surface area (Å²) in [5.74, 6) is 0.0942. The lowest BCUT2D eigenvalue weighted by atomic mass is 10.3. The quantitative estimate of drug-likeness (QED) is 0.857. The van der Waals surface area contributed by atoms with Gasteiger partial charge in [-0.25, -0.2) is 0 Å². The van der Waals surface area contributed by atoms with Crippen LogP contribution in [0.2, 0.25) is 0 Å². The molecule has 80 valence electrons. The second kappa shape index (κ2) is 4.23. The Morgan fingerprint density at radius 3 is 2.60 bits per heavy atom. The summed E-state index contributed by atoms with van der Waals surface area (Å²) in [6.07, 6.45) is 0.438. The summed E-state index contributed by atoms with van der Waals surface area (Å²) in [6.45, 7) is 0.604. The smallest absolute Gasteiger partial charge is 0.228 e. The van der Waals surface area contributed by atoms with Crippen molar-refractivity contribution in [2.24, 2.45) is 5.73 Å². The van der Waals surface area contributed by atoms with Crippen molar-refractivity contribution in [2.75, 3.05) is 11.4 Å². The van der Waals surface area contributed by atoms with Crippen molar-refractivity contribution in [1.82, 2.24) is 0 Å². The van der Waals surface area contributed by atoms with Gasteiger partial charge >= 0.3 is 0 Å². The Morgan fingerprint density at radius 1 is 1.33 bits per heavy atom. The van der Waals surface area contributed by atoms with Gasteiger partial charge in [-0.05, 0) is 50.1 Å². The monoisotopic (exact) mass is 332 g/mol. The van der Waals surface area contributed by atoms with Crippen LogP contribution in [0.15, 0.2) is 27.1 Å². The highest BCUT2D eigenvalue weighted by Gasteiger charge is 2.28. The van der Waals surface area contributed by atoms with Crippen LogP contribution in [0.1, 0.15) is 6.42 Å². The first-order valence-electron chi connectivity index (χ1n) is 4.59. The van der Waals surface area contributed by atoms with Crippen LogP contribution >= 0.6 is 31.9 Å². The highest BCUT2D eigenvalue weighted by atomic mass is 79.9. The number of rotatable bonds is 1. The van der Waals surface area contributed by atoms with E-state index in [4.69, 9.17) is 5.73 Å². The number of halogens is 2. The molecule has 2 rings (SSSR count). The third kappa shape index (κ3) is 2.24. The lowest BCUT2D eigenvalue weighted by Gasteiger charge is -2.16. The molecule has 2 N–H and O–H groups in total. The first-order valence-corrected chi connectivity index (χ1v) is 6.17. The molecule has 0 spiro atoms. The second-order valence-electron chi connectivity index (χ2n) is 3.57. The molecule has 1 fully saturated rings. The average Bonchev–Trinajstić information content (AvgIpc) is 2.50. The maximum atomic E-state index is 11.6. The maximum absolute atomic E-state index is 11.6. The fourth-order valence-electron chi connectivity index (χ4n) is 1.64. The van der Waals surface area contributed by atoms with Crippen molar-refractivity contribution in [3.63, 3.8) is 0 Å². The zero-order valence-electron chi connectivity index (χ0n) is 7.91. The Bertz CT molecular complexity index is 408. The first-order chi connectivity index (χ1) is 7.08.